The molecular formula is C14H29N3O2. The average molecular weight is 271 g/mol. The van der Waals surface area contributed by atoms with Crippen LogP contribution < -0.4 is 10.6 Å². The molecule has 0 saturated carbocycles. The third-order valence-corrected chi connectivity index (χ3v) is 3.67. The van der Waals surface area contributed by atoms with Gasteiger partial charge in [-0.1, -0.05) is 0 Å². The number of carbonyl (C=O) groups is 1. The van der Waals surface area contributed by atoms with E-state index in [1.54, 1.807) is 7.11 Å². The van der Waals surface area contributed by atoms with Crippen LogP contribution in [0.2, 0.25) is 0 Å². The second kappa shape index (κ2) is 9.28. The van der Waals surface area contributed by atoms with Gasteiger partial charge in [0.15, 0.2) is 0 Å². The number of amides is 1. The predicted octanol–water partition coefficient (Wildman–Crippen LogP) is 0.602. The minimum atomic E-state index is 0.101. The predicted molar refractivity (Wildman–Crippen MR) is 77.2 cm³/mol. The van der Waals surface area contributed by atoms with Gasteiger partial charge in [0.2, 0.25) is 5.91 Å². The zero-order valence-corrected chi connectivity index (χ0v) is 12.6. The van der Waals surface area contributed by atoms with Crippen LogP contribution in [-0.4, -0.2) is 62.8 Å². The van der Waals surface area contributed by atoms with Gasteiger partial charge in [0, 0.05) is 38.7 Å². The molecule has 19 heavy (non-hydrogen) atoms. The van der Waals surface area contributed by atoms with E-state index in [1.165, 1.54) is 12.8 Å². The first kappa shape index (κ1) is 16.4. The quantitative estimate of drug-likeness (QED) is 0.635. The van der Waals surface area contributed by atoms with E-state index < -0.39 is 0 Å². The zero-order chi connectivity index (χ0) is 14.1. The van der Waals surface area contributed by atoms with Gasteiger partial charge in [0.25, 0.3) is 0 Å². The van der Waals surface area contributed by atoms with Crippen molar-refractivity contribution in [3.05, 3.63) is 0 Å². The van der Waals surface area contributed by atoms with Crippen molar-refractivity contribution in [2.45, 2.75) is 45.2 Å². The van der Waals surface area contributed by atoms with Crippen molar-refractivity contribution in [2.75, 3.05) is 39.9 Å². The Morgan fingerprint density at radius 2 is 2.00 bits per heavy atom. The summed E-state index contributed by atoms with van der Waals surface area (Å²) in [6.45, 7) is 8.76. The number of rotatable bonds is 8. The summed E-state index contributed by atoms with van der Waals surface area (Å²) in [6, 6.07) is 1.22. The molecule has 5 nitrogen and oxygen atoms in total. The van der Waals surface area contributed by atoms with Gasteiger partial charge in [-0.25, -0.2) is 0 Å². The van der Waals surface area contributed by atoms with Gasteiger partial charge in [-0.15, -0.1) is 0 Å². The highest BCUT2D eigenvalue weighted by Gasteiger charge is 2.20. The molecule has 0 atom stereocenters. The second-order valence-electron chi connectivity index (χ2n) is 5.45. The molecule has 1 fully saturated rings. The summed E-state index contributed by atoms with van der Waals surface area (Å²) in [4.78, 5) is 14.0. The number of hydrogen-bond donors (Lipinski definition) is 2. The first-order valence-electron chi connectivity index (χ1n) is 7.36. The van der Waals surface area contributed by atoms with E-state index in [0.29, 0.717) is 31.7 Å². The zero-order valence-electron chi connectivity index (χ0n) is 12.6. The van der Waals surface area contributed by atoms with E-state index >= 15 is 0 Å². The van der Waals surface area contributed by atoms with Gasteiger partial charge >= 0.3 is 0 Å². The lowest BCUT2D eigenvalue weighted by molar-refractivity contribution is -0.121. The molecule has 0 aromatic carbocycles. The largest absolute Gasteiger partial charge is 0.383 e. The van der Waals surface area contributed by atoms with Gasteiger partial charge in [-0.3, -0.25) is 4.79 Å². The average Bonchev–Trinajstić information content (AvgIpc) is 2.39. The Morgan fingerprint density at radius 3 is 2.58 bits per heavy atom. The van der Waals surface area contributed by atoms with Gasteiger partial charge in [-0.05, 0) is 39.8 Å². The molecule has 1 heterocycles. The maximum atomic E-state index is 11.5. The first-order chi connectivity index (χ1) is 9.13. The number of ether oxygens (including phenoxy) is 1. The summed E-state index contributed by atoms with van der Waals surface area (Å²) < 4.78 is 4.89. The Morgan fingerprint density at radius 1 is 1.32 bits per heavy atom. The molecule has 5 heteroatoms. The van der Waals surface area contributed by atoms with E-state index in [2.05, 4.69) is 29.4 Å². The molecular weight excluding hydrogens is 242 g/mol. The fraction of sp³-hybridized carbons (Fsp3) is 0.929. The smallest absolute Gasteiger partial charge is 0.221 e. The Kier molecular flexibility index (Phi) is 8.02. The molecule has 0 unspecified atom stereocenters. The minimum absolute atomic E-state index is 0.101. The molecule has 0 spiro atoms. The summed E-state index contributed by atoms with van der Waals surface area (Å²) >= 11 is 0. The normalized spacial score (nSPS) is 17.9. The first-order valence-corrected chi connectivity index (χ1v) is 7.36. The number of piperidine rings is 1. The van der Waals surface area contributed by atoms with E-state index in [4.69, 9.17) is 4.74 Å². The van der Waals surface area contributed by atoms with Crippen LogP contribution in [0.15, 0.2) is 0 Å². The lowest BCUT2D eigenvalue weighted by Gasteiger charge is -2.35. The monoisotopic (exact) mass is 271 g/mol. The number of nitrogens with zero attached hydrogens (tertiary/aromatic N) is 1. The van der Waals surface area contributed by atoms with Crippen LogP contribution in [0.3, 0.4) is 0 Å². The molecule has 1 aliphatic heterocycles. The molecule has 0 bridgehead atoms. The molecule has 2 N–H and O–H groups in total. The summed E-state index contributed by atoms with van der Waals surface area (Å²) in [5.41, 5.74) is 0. The van der Waals surface area contributed by atoms with Crippen LogP contribution in [0.1, 0.15) is 33.1 Å². The van der Waals surface area contributed by atoms with E-state index in [1.807, 2.05) is 0 Å². The van der Waals surface area contributed by atoms with Crippen molar-refractivity contribution in [1.82, 2.24) is 15.5 Å². The van der Waals surface area contributed by atoms with Crippen molar-refractivity contribution in [3.8, 4) is 0 Å². The van der Waals surface area contributed by atoms with Crippen molar-refractivity contribution in [1.29, 1.82) is 0 Å². The van der Waals surface area contributed by atoms with Gasteiger partial charge < -0.3 is 20.3 Å². The van der Waals surface area contributed by atoms with E-state index in [0.717, 1.165) is 19.6 Å². The summed E-state index contributed by atoms with van der Waals surface area (Å²) in [5, 5.41) is 6.31. The van der Waals surface area contributed by atoms with Crippen LogP contribution >= 0.6 is 0 Å². The Labute approximate surface area is 117 Å². The highest BCUT2D eigenvalue weighted by atomic mass is 16.5. The third-order valence-electron chi connectivity index (χ3n) is 3.67. The molecule has 1 rings (SSSR count). The SMILES string of the molecule is COCCNC(=O)CCNC1CCN(C(C)C)CC1. The molecule has 1 amide bonds. The molecule has 0 radical (unpaired) electrons. The van der Waals surface area contributed by atoms with Crippen molar-refractivity contribution < 1.29 is 9.53 Å². The van der Waals surface area contributed by atoms with Gasteiger partial charge in [0.05, 0.1) is 6.61 Å². The maximum absolute atomic E-state index is 11.5. The molecule has 1 aliphatic rings. The highest BCUT2D eigenvalue weighted by Crippen LogP contribution is 2.12. The molecule has 0 aliphatic carbocycles. The standard InChI is InChI=1S/C14H29N3O2/c1-12(2)17-9-5-13(6-10-17)15-7-4-14(18)16-8-11-19-3/h12-13,15H,4-11H2,1-3H3,(H,16,18). The lowest BCUT2D eigenvalue weighted by atomic mass is 10.0. The van der Waals surface area contributed by atoms with Gasteiger partial charge in [-0.2, -0.15) is 0 Å². The molecule has 112 valence electrons. The van der Waals surface area contributed by atoms with Crippen LogP contribution in [0.5, 0.6) is 0 Å². The van der Waals surface area contributed by atoms with Crippen molar-refractivity contribution in [3.63, 3.8) is 0 Å². The fourth-order valence-corrected chi connectivity index (χ4v) is 2.39. The number of carbonyl (C=O) groups excluding carboxylic acids is 1. The van der Waals surface area contributed by atoms with E-state index in [-0.39, 0.29) is 5.91 Å². The summed E-state index contributed by atoms with van der Waals surface area (Å²) in [6.07, 6.45) is 2.92. The van der Waals surface area contributed by atoms with Crippen LogP contribution in [0.4, 0.5) is 0 Å². The highest BCUT2D eigenvalue weighted by molar-refractivity contribution is 5.76. The number of methoxy groups -OCH3 is 1. The van der Waals surface area contributed by atoms with Crippen molar-refractivity contribution in [2.24, 2.45) is 0 Å². The fourth-order valence-electron chi connectivity index (χ4n) is 2.39. The summed E-state index contributed by atoms with van der Waals surface area (Å²) in [7, 11) is 1.64. The maximum Gasteiger partial charge on any atom is 0.221 e. The van der Waals surface area contributed by atoms with Crippen LogP contribution in [0.25, 0.3) is 0 Å². The van der Waals surface area contributed by atoms with Crippen molar-refractivity contribution >= 4 is 5.91 Å². The number of hydrogen-bond acceptors (Lipinski definition) is 4. The summed E-state index contributed by atoms with van der Waals surface area (Å²) in [5.74, 6) is 0.101. The Balaban J connectivity index is 2.03. The molecule has 1 saturated heterocycles. The van der Waals surface area contributed by atoms with Crippen LogP contribution in [-0.2, 0) is 9.53 Å². The Hall–Kier alpha value is -0.650. The lowest BCUT2D eigenvalue weighted by Crippen LogP contribution is -2.45. The number of nitrogens with one attached hydrogen (secondary N) is 2. The van der Waals surface area contributed by atoms with Crippen LogP contribution in [0, 0.1) is 0 Å². The third kappa shape index (κ3) is 6.89. The second-order valence-corrected chi connectivity index (χ2v) is 5.45. The van der Waals surface area contributed by atoms with Gasteiger partial charge in [0.1, 0.15) is 0 Å². The molecule has 0 aromatic rings. The topological polar surface area (TPSA) is 53.6 Å². The number of likely N-dealkylation sites (tertiary alicyclic amines) is 1. The minimum Gasteiger partial charge on any atom is -0.383 e. The Bertz CT molecular complexity index is 251. The van der Waals surface area contributed by atoms with E-state index in [9.17, 15) is 4.79 Å². The molecule has 0 aromatic heterocycles.